The van der Waals surface area contributed by atoms with Gasteiger partial charge in [-0.05, 0) is 74.3 Å². The van der Waals surface area contributed by atoms with Gasteiger partial charge in [0.2, 0.25) is 0 Å². The van der Waals surface area contributed by atoms with Gasteiger partial charge >= 0.3 is 0 Å². The summed E-state index contributed by atoms with van der Waals surface area (Å²) < 4.78 is 2.44. The third-order valence-electron chi connectivity index (χ3n) is 10.8. The molecule has 0 unspecified atom stereocenters. The Labute approximate surface area is 317 Å². The fourth-order valence-electron chi connectivity index (χ4n) is 8.13. The predicted octanol–water partition coefficient (Wildman–Crippen LogP) is 13.1. The van der Waals surface area contributed by atoms with Crippen molar-refractivity contribution >= 4 is 54.1 Å². The second-order valence-corrected chi connectivity index (χ2v) is 14.1. The first-order chi connectivity index (χ1) is 27.2. The lowest BCUT2D eigenvalue weighted by Crippen LogP contribution is -2.02. The SMILES string of the molecule is c1ccc(-c2nc(-c3ccc4ccccc4c3)nc(-c3ccccc3-c3ccccc3-n3c4cc5ccccc5cc4c4cc5ccccc5cc43)n2)cc1. The molecule has 2 aromatic heterocycles. The van der Waals surface area contributed by atoms with Crippen LogP contribution in [0.3, 0.4) is 0 Å². The van der Waals surface area contributed by atoms with Crippen LogP contribution in [0.2, 0.25) is 0 Å². The van der Waals surface area contributed by atoms with E-state index >= 15 is 0 Å². The summed E-state index contributed by atoms with van der Waals surface area (Å²) in [7, 11) is 0. The molecule has 0 spiro atoms. The summed E-state index contributed by atoms with van der Waals surface area (Å²) in [4.78, 5) is 15.5. The van der Waals surface area contributed by atoms with Crippen LogP contribution in [-0.4, -0.2) is 19.5 Å². The van der Waals surface area contributed by atoms with Crippen LogP contribution in [0.15, 0.2) is 194 Å². The second-order valence-electron chi connectivity index (χ2n) is 14.1. The molecule has 0 aliphatic rings. The lowest BCUT2D eigenvalue weighted by atomic mass is 9.97. The minimum atomic E-state index is 0.627. The van der Waals surface area contributed by atoms with Gasteiger partial charge in [0.05, 0.1) is 16.7 Å². The molecule has 0 saturated heterocycles. The van der Waals surface area contributed by atoms with Crippen molar-refractivity contribution in [2.75, 3.05) is 0 Å². The monoisotopic (exact) mass is 700 g/mol. The summed E-state index contributed by atoms with van der Waals surface area (Å²) in [6.45, 7) is 0. The molecule has 55 heavy (non-hydrogen) atoms. The maximum absolute atomic E-state index is 5.22. The Morgan fingerprint density at radius 3 is 1.38 bits per heavy atom. The van der Waals surface area contributed by atoms with E-state index in [9.17, 15) is 0 Å². The number of nitrogens with zero attached hydrogens (tertiary/aromatic N) is 4. The summed E-state index contributed by atoms with van der Waals surface area (Å²) in [5.41, 5.74) is 8.38. The number of hydrogen-bond donors (Lipinski definition) is 0. The molecule has 256 valence electrons. The van der Waals surface area contributed by atoms with E-state index in [0.717, 1.165) is 38.9 Å². The van der Waals surface area contributed by atoms with Gasteiger partial charge in [-0.2, -0.15) is 0 Å². The van der Waals surface area contributed by atoms with Crippen molar-refractivity contribution in [3.05, 3.63) is 194 Å². The highest BCUT2D eigenvalue weighted by atomic mass is 15.0. The van der Waals surface area contributed by atoms with Gasteiger partial charge in [0, 0.05) is 33.0 Å². The molecule has 0 fully saturated rings. The predicted molar refractivity (Wildman–Crippen MR) is 228 cm³/mol. The first-order valence-corrected chi connectivity index (χ1v) is 18.6. The van der Waals surface area contributed by atoms with E-state index in [2.05, 4.69) is 180 Å². The van der Waals surface area contributed by atoms with Gasteiger partial charge in [0.25, 0.3) is 0 Å². The number of benzene rings is 9. The molecule has 0 aliphatic carbocycles. The van der Waals surface area contributed by atoms with Crippen molar-refractivity contribution in [2.24, 2.45) is 0 Å². The number of aromatic nitrogens is 4. The van der Waals surface area contributed by atoms with Crippen LogP contribution in [0.25, 0.3) is 105 Å². The van der Waals surface area contributed by atoms with Crippen molar-refractivity contribution in [3.8, 4) is 51.0 Å². The van der Waals surface area contributed by atoms with Gasteiger partial charge < -0.3 is 4.57 Å². The summed E-state index contributed by atoms with van der Waals surface area (Å²) in [6, 6.07) is 68.8. The Hall–Kier alpha value is -7.43. The smallest absolute Gasteiger partial charge is 0.164 e. The zero-order valence-electron chi connectivity index (χ0n) is 29.8. The maximum atomic E-state index is 5.22. The van der Waals surface area contributed by atoms with E-state index < -0.39 is 0 Å². The summed E-state index contributed by atoms with van der Waals surface area (Å²) in [5, 5.41) is 9.66. The standard InChI is InChI=1S/C51H32N4/c1-2-15-34(16-3-1)49-52-50(40-27-26-33-14-4-5-17-35(33)28-40)54-51(53-49)43-24-11-10-22-41(43)42-23-12-13-25-46(42)55-47-31-38-20-8-6-18-36(38)29-44(47)45-30-37-19-7-9-21-39(37)32-48(45)55/h1-32H. The van der Waals surface area contributed by atoms with Crippen molar-refractivity contribution in [3.63, 3.8) is 0 Å². The molecule has 2 heterocycles. The number of para-hydroxylation sites is 1. The number of rotatable bonds is 5. The normalized spacial score (nSPS) is 11.6. The molecule has 0 bridgehead atoms. The first-order valence-electron chi connectivity index (χ1n) is 18.6. The summed E-state index contributed by atoms with van der Waals surface area (Å²) in [5.74, 6) is 1.90. The first kappa shape index (κ1) is 31.1. The average molecular weight is 701 g/mol. The van der Waals surface area contributed by atoms with E-state index in [1.54, 1.807) is 0 Å². The average Bonchev–Trinajstić information content (AvgIpc) is 3.56. The van der Waals surface area contributed by atoms with Crippen LogP contribution in [0.5, 0.6) is 0 Å². The molecule has 0 atom stereocenters. The molecule has 0 aliphatic heterocycles. The number of hydrogen-bond acceptors (Lipinski definition) is 3. The lowest BCUT2D eigenvalue weighted by Gasteiger charge is -2.17. The highest BCUT2D eigenvalue weighted by Crippen LogP contribution is 2.41. The highest BCUT2D eigenvalue weighted by molar-refractivity contribution is 6.17. The van der Waals surface area contributed by atoms with Crippen molar-refractivity contribution < 1.29 is 0 Å². The summed E-state index contributed by atoms with van der Waals surface area (Å²) >= 11 is 0. The number of fused-ring (bicyclic) bond motifs is 6. The summed E-state index contributed by atoms with van der Waals surface area (Å²) in [6.07, 6.45) is 0. The van der Waals surface area contributed by atoms with Crippen molar-refractivity contribution in [2.45, 2.75) is 0 Å². The Morgan fingerprint density at radius 1 is 0.291 bits per heavy atom. The van der Waals surface area contributed by atoms with E-state index in [4.69, 9.17) is 15.0 Å². The van der Waals surface area contributed by atoms with E-state index in [0.29, 0.717) is 17.5 Å². The minimum absolute atomic E-state index is 0.627. The molecular weight excluding hydrogens is 669 g/mol. The van der Waals surface area contributed by atoms with Gasteiger partial charge in [0.1, 0.15) is 0 Å². The largest absolute Gasteiger partial charge is 0.309 e. The Morgan fingerprint density at radius 2 is 0.745 bits per heavy atom. The third kappa shape index (κ3) is 5.26. The molecule has 11 rings (SSSR count). The Kier molecular flexibility index (Phi) is 7.14. The van der Waals surface area contributed by atoms with Gasteiger partial charge in [0.15, 0.2) is 17.5 Å². The molecular formula is C51H32N4. The van der Waals surface area contributed by atoms with Crippen molar-refractivity contribution in [1.82, 2.24) is 19.5 Å². The van der Waals surface area contributed by atoms with Gasteiger partial charge in [-0.15, -0.1) is 0 Å². The lowest BCUT2D eigenvalue weighted by molar-refractivity contribution is 1.07. The third-order valence-corrected chi connectivity index (χ3v) is 10.8. The Balaban J connectivity index is 1.16. The molecule has 11 aromatic rings. The molecule has 9 aromatic carbocycles. The Bertz CT molecular complexity index is 3180. The molecule has 0 radical (unpaired) electrons. The highest BCUT2D eigenvalue weighted by Gasteiger charge is 2.21. The van der Waals surface area contributed by atoms with Gasteiger partial charge in [-0.3, -0.25) is 0 Å². The van der Waals surface area contributed by atoms with Crippen LogP contribution >= 0.6 is 0 Å². The molecule has 0 amide bonds. The molecule has 4 nitrogen and oxygen atoms in total. The van der Waals surface area contributed by atoms with E-state index in [-0.39, 0.29) is 0 Å². The quantitative estimate of drug-likeness (QED) is 0.179. The molecule has 0 N–H and O–H groups in total. The second kappa shape index (κ2) is 12.6. The van der Waals surface area contributed by atoms with Crippen LogP contribution in [0.1, 0.15) is 0 Å². The van der Waals surface area contributed by atoms with Crippen LogP contribution in [0.4, 0.5) is 0 Å². The fourth-order valence-corrected chi connectivity index (χ4v) is 8.13. The van der Waals surface area contributed by atoms with Crippen LogP contribution in [-0.2, 0) is 0 Å². The zero-order valence-corrected chi connectivity index (χ0v) is 29.8. The molecule has 0 saturated carbocycles. The topological polar surface area (TPSA) is 43.6 Å². The van der Waals surface area contributed by atoms with Crippen molar-refractivity contribution in [1.29, 1.82) is 0 Å². The van der Waals surface area contributed by atoms with Crippen LogP contribution < -0.4 is 0 Å². The van der Waals surface area contributed by atoms with E-state index in [1.165, 1.54) is 48.7 Å². The molecule has 4 heteroatoms. The van der Waals surface area contributed by atoms with Crippen LogP contribution in [0, 0.1) is 0 Å². The van der Waals surface area contributed by atoms with Gasteiger partial charge in [-0.25, -0.2) is 15.0 Å². The van der Waals surface area contributed by atoms with E-state index in [1.807, 2.05) is 18.2 Å². The zero-order chi connectivity index (χ0) is 36.3. The van der Waals surface area contributed by atoms with Gasteiger partial charge in [-0.1, -0.05) is 158 Å². The maximum Gasteiger partial charge on any atom is 0.164 e. The fraction of sp³-hybridized carbons (Fsp3) is 0. The minimum Gasteiger partial charge on any atom is -0.309 e.